The summed E-state index contributed by atoms with van der Waals surface area (Å²) in [6, 6.07) is 10.4. The predicted molar refractivity (Wildman–Crippen MR) is 95.3 cm³/mol. The number of rotatable bonds is 2. The summed E-state index contributed by atoms with van der Waals surface area (Å²) in [5.74, 6) is 0.809. The van der Waals surface area contributed by atoms with Crippen molar-refractivity contribution < 1.29 is 4.79 Å². The predicted octanol–water partition coefficient (Wildman–Crippen LogP) is 2.21. The number of hydrogen-bond acceptors (Lipinski definition) is 4. The highest BCUT2D eigenvalue weighted by Gasteiger charge is 2.38. The van der Waals surface area contributed by atoms with Gasteiger partial charge in [-0.05, 0) is 42.2 Å². The molecule has 0 spiro atoms. The number of aromatic amines is 1. The number of amides is 1. The van der Waals surface area contributed by atoms with Crippen molar-refractivity contribution in [3.05, 3.63) is 53.9 Å². The summed E-state index contributed by atoms with van der Waals surface area (Å²) >= 11 is 0. The van der Waals surface area contributed by atoms with Gasteiger partial charge in [-0.2, -0.15) is 5.10 Å². The number of piperidine rings is 1. The Kier molecular flexibility index (Phi) is 3.31. The Hall–Kier alpha value is -2.73. The van der Waals surface area contributed by atoms with Gasteiger partial charge in [-0.1, -0.05) is 12.1 Å². The number of nitrogens with one attached hydrogen (secondary N) is 3. The Bertz CT molecular complexity index is 935. The van der Waals surface area contributed by atoms with E-state index in [4.69, 9.17) is 0 Å². The van der Waals surface area contributed by atoms with Gasteiger partial charge >= 0.3 is 0 Å². The zero-order chi connectivity index (χ0) is 16.8. The van der Waals surface area contributed by atoms with Crippen molar-refractivity contribution in [2.45, 2.75) is 24.8 Å². The average Bonchev–Trinajstić information content (AvgIpc) is 3.07. The Morgan fingerprint density at radius 1 is 1.24 bits per heavy atom. The maximum Gasteiger partial charge on any atom is 0.229 e. The number of fused-ring (bicyclic) bond motifs is 2. The first kappa shape index (κ1) is 14.6. The molecule has 1 saturated heterocycles. The number of H-pyrrole nitrogens is 1. The lowest BCUT2D eigenvalue weighted by Gasteiger charge is -2.39. The number of aromatic nitrogens is 3. The quantitative estimate of drug-likeness (QED) is 0.671. The van der Waals surface area contributed by atoms with Gasteiger partial charge in [-0.3, -0.25) is 4.79 Å². The molecule has 1 amide bonds. The van der Waals surface area contributed by atoms with E-state index in [-0.39, 0.29) is 11.8 Å². The number of anilines is 1. The van der Waals surface area contributed by atoms with Crippen molar-refractivity contribution in [3.8, 4) is 0 Å². The molecule has 3 aromatic rings. The Morgan fingerprint density at radius 2 is 2.20 bits per heavy atom. The van der Waals surface area contributed by atoms with Crippen LogP contribution in [0.1, 0.15) is 23.5 Å². The maximum atomic E-state index is 12.7. The minimum Gasteiger partial charge on any atom is -0.361 e. The van der Waals surface area contributed by atoms with Crippen molar-refractivity contribution in [1.82, 2.24) is 20.5 Å². The second kappa shape index (κ2) is 5.67. The molecule has 0 bridgehead atoms. The summed E-state index contributed by atoms with van der Waals surface area (Å²) in [6.07, 6.45) is 5.59. The molecular weight excluding hydrogens is 314 g/mol. The van der Waals surface area contributed by atoms with Crippen molar-refractivity contribution in [3.63, 3.8) is 0 Å². The molecule has 3 N–H and O–H groups in total. The van der Waals surface area contributed by atoms with Gasteiger partial charge < -0.3 is 15.6 Å². The van der Waals surface area contributed by atoms with Crippen LogP contribution in [0.5, 0.6) is 0 Å². The van der Waals surface area contributed by atoms with Gasteiger partial charge in [-0.25, -0.2) is 0 Å². The van der Waals surface area contributed by atoms with Gasteiger partial charge in [-0.15, -0.1) is 5.10 Å². The van der Waals surface area contributed by atoms with Crippen LogP contribution in [0.15, 0.2) is 42.7 Å². The lowest BCUT2D eigenvalue weighted by atomic mass is 9.73. The molecule has 1 fully saturated rings. The highest BCUT2D eigenvalue weighted by atomic mass is 16.2. The molecule has 3 atom stereocenters. The first-order valence-corrected chi connectivity index (χ1v) is 8.70. The Morgan fingerprint density at radius 3 is 3.08 bits per heavy atom. The minimum atomic E-state index is -0.0704. The fraction of sp³-hybridized carbons (Fsp3) is 0.316. The number of carbonyl (C=O) groups is 1. The first-order valence-electron chi connectivity index (χ1n) is 8.70. The molecule has 0 saturated carbocycles. The SMILES string of the molecule is O=C(Nc1cccnn1)C1CN[C@@H]2Cc3c[nH]c4cccc(c34)[C@H]2C1. The highest BCUT2D eigenvalue weighted by Crippen LogP contribution is 2.41. The number of hydrogen-bond donors (Lipinski definition) is 3. The Labute approximate surface area is 145 Å². The fourth-order valence-electron chi connectivity index (χ4n) is 4.34. The van der Waals surface area contributed by atoms with Crippen LogP contribution in [0.25, 0.3) is 10.9 Å². The van der Waals surface area contributed by atoms with Crippen LogP contribution >= 0.6 is 0 Å². The average molecular weight is 333 g/mol. The molecule has 1 unspecified atom stereocenters. The third-order valence-corrected chi connectivity index (χ3v) is 5.50. The molecule has 25 heavy (non-hydrogen) atoms. The molecule has 126 valence electrons. The number of carbonyl (C=O) groups excluding carboxylic acids is 1. The van der Waals surface area contributed by atoms with E-state index < -0.39 is 0 Å². The van der Waals surface area contributed by atoms with E-state index in [1.165, 1.54) is 22.0 Å². The van der Waals surface area contributed by atoms with Crippen LogP contribution in [0, 0.1) is 5.92 Å². The van der Waals surface area contributed by atoms with Crippen LogP contribution in [0.3, 0.4) is 0 Å². The van der Waals surface area contributed by atoms with Gasteiger partial charge in [0.05, 0.1) is 5.92 Å². The fourth-order valence-corrected chi connectivity index (χ4v) is 4.34. The van der Waals surface area contributed by atoms with Crippen molar-refractivity contribution in [2.75, 3.05) is 11.9 Å². The number of benzene rings is 1. The summed E-state index contributed by atoms with van der Waals surface area (Å²) < 4.78 is 0. The third-order valence-electron chi connectivity index (χ3n) is 5.50. The standard InChI is InChI=1S/C19H19N5O/c25-19(23-17-5-2-6-22-24-17)12-7-14-13-3-1-4-15-18(13)11(9-20-15)8-16(14)21-10-12/h1-6,9,12,14,16,20-21H,7-8,10H2,(H,23,24,25)/t12?,14-,16-/m1/s1. The van der Waals surface area contributed by atoms with Crippen LogP contribution < -0.4 is 10.6 Å². The third kappa shape index (κ3) is 2.41. The molecule has 2 aliphatic rings. The molecule has 2 aromatic heterocycles. The molecule has 5 rings (SSSR count). The summed E-state index contributed by atoms with van der Waals surface area (Å²) in [5, 5.41) is 15.6. The van der Waals surface area contributed by atoms with Gasteiger partial charge in [0.2, 0.25) is 5.91 Å². The van der Waals surface area contributed by atoms with E-state index in [2.05, 4.69) is 50.2 Å². The maximum absolute atomic E-state index is 12.7. The first-order chi connectivity index (χ1) is 12.3. The molecular formula is C19H19N5O. The van der Waals surface area contributed by atoms with E-state index in [0.717, 1.165) is 12.8 Å². The minimum absolute atomic E-state index is 0.0125. The number of nitrogens with zero attached hydrogens (tertiary/aromatic N) is 2. The van der Waals surface area contributed by atoms with Crippen LogP contribution in [0.2, 0.25) is 0 Å². The van der Waals surface area contributed by atoms with E-state index in [1.54, 1.807) is 18.3 Å². The normalized spacial score (nSPS) is 24.7. The molecule has 1 aromatic carbocycles. The summed E-state index contributed by atoms with van der Waals surface area (Å²) in [6.45, 7) is 0.697. The van der Waals surface area contributed by atoms with Gasteiger partial charge in [0.25, 0.3) is 0 Å². The molecule has 1 aliphatic heterocycles. The molecule has 6 heteroatoms. The zero-order valence-corrected chi connectivity index (χ0v) is 13.7. The zero-order valence-electron chi connectivity index (χ0n) is 13.7. The molecule has 6 nitrogen and oxygen atoms in total. The molecule has 0 radical (unpaired) electrons. The van der Waals surface area contributed by atoms with Crippen molar-refractivity contribution >= 4 is 22.6 Å². The smallest absolute Gasteiger partial charge is 0.229 e. The topological polar surface area (TPSA) is 82.7 Å². The summed E-state index contributed by atoms with van der Waals surface area (Å²) in [4.78, 5) is 16.0. The lowest BCUT2D eigenvalue weighted by Crippen LogP contribution is -2.49. The van der Waals surface area contributed by atoms with Crippen LogP contribution in [0.4, 0.5) is 5.82 Å². The monoisotopic (exact) mass is 333 g/mol. The van der Waals surface area contributed by atoms with Gasteiger partial charge in [0.1, 0.15) is 0 Å². The van der Waals surface area contributed by atoms with E-state index in [1.807, 2.05) is 0 Å². The molecule has 1 aliphatic carbocycles. The largest absolute Gasteiger partial charge is 0.361 e. The van der Waals surface area contributed by atoms with Gasteiger partial charge in [0, 0.05) is 41.8 Å². The summed E-state index contributed by atoms with van der Waals surface area (Å²) in [7, 11) is 0. The lowest BCUT2D eigenvalue weighted by molar-refractivity contribution is -0.120. The van der Waals surface area contributed by atoms with Crippen molar-refractivity contribution in [2.24, 2.45) is 5.92 Å². The van der Waals surface area contributed by atoms with E-state index in [9.17, 15) is 4.79 Å². The highest BCUT2D eigenvalue weighted by molar-refractivity contribution is 5.92. The van der Waals surface area contributed by atoms with Crippen LogP contribution in [-0.2, 0) is 11.2 Å². The summed E-state index contributed by atoms with van der Waals surface area (Å²) in [5.41, 5.74) is 3.92. The van der Waals surface area contributed by atoms with Gasteiger partial charge in [0.15, 0.2) is 5.82 Å². The Balaban J connectivity index is 1.41. The molecule has 3 heterocycles. The van der Waals surface area contributed by atoms with Crippen molar-refractivity contribution in [1.29, 1.82) is 0 Å². The second-order valence-corrected chi connectivity index (χ2v) is 6.94. The second-order valence-electron chi connectivity index (χ2n) is 6.94. The van der Waals surface area contributed by atoms with Crippen LogP contribution in [-0.4, -0.2) is 33.7 Å². The van der Waals surface area contributed by atoms with E-state index >= 15 is 0 Å². The van der Waals surface area contributed by atoms with E-state index in [0.29, 0.717) is 24.3 Å².